The molecule has 1 aliphatic rings. The lowest BCUT2D eigenvalue weighted by molar-refractivity contribution is -0.222. The average molecular weight is 394 g/mol. The highest BCUT2D eigenvalue weighted by molar-refractivity contribution is 6.15. The van der Waals surface area contributed by atoms with Crippen molar-refractivity contribution in [2.45, 2.75) is 26.6 Å². The van der Waals surface area contributed by atoms with E-state index in [1.807, 2.05) is 37.3 Å². The molecule has 0 aromatic heterocycles. The van der Waals surface area contributed by atoms with E-state index in [1.165, 1.54) is 20.0 Å². The van der Waals surface area contributed by atoms with E-state index < -0.39 is 17.7 Å². The molecule has 0 unspecified atom stereocenters. The molecule has 150 valence electrons. The molecule has 1 saturated heterocycles. The van der Waals surface area contributed by atoms with Crippen molar-refractivity contribution in [3.05, 3.63) is 71.9 Å². The van der Waals surface area contributed by atoms with E-state index >= 15 is 0 Å². The maximum atomic E-state index is 12.8. The van der Waals surface area contributed by atoms with Crippen LogP contribution < -0.4 is 10.2 Å². The van der Waals surface area contributed by atoms with E-state index in [0.29, 0.717) is 17.8 Å². The largest absolute Gasteiger partial charge is 0.419 e. The predicted molar refractivity (Wildman–Crippen MR) is 108 cm³/mol. The number of para-hydroxylation sites is 1. The number of hydrogen-bond acceptors (Lipinski definition) is 6. The van der Waals surface area contributed by atoms with Gasteiger partial charge in [0.15, 0.2) is 5.57 Å². The van der Waals surface area contributed by atoms with Crippen LogP contribution in [0.3, 0.4) is 0 Å². The zero-order chi connectivity index (χ0) is 21.0. The Morgan fingerprint density at radius 3 is 2.14 bits per heavy atom. The first-order valence-corrected chi connectivity index (χ1v) is 9.21. The lowest BCUT2D eigenvalue weighted by Gasteiger charge is -2.29. The zero-order valence-corrected chi connectivity index (χ0v) is 16.5. The molecule has 0 atom stereocenters. The number of hydrogen-bond donors (Lipinski definition) is 1. The lowest BCUT2D eigenvalue weighted by Crippen LogP contribution is -2.42. The molecule has 7 nitrogen and oxygen atoms in total. The standard InChI is InChI=1S/C22H22N2O5/c1-4-24(17-8-6-5-7-9-17)19(25)15-10-12-16(13-11-15)23-14-18-20(26)28-22(2,3)29-21(18)27/h5-14,23H,4H2,1-3H3. The summed E-state index contributed by atoms with van der Waals surface area (Å²) in [6.07, 6.45) is 1.24. The smallest absolute Gasteiger partial charge is 0.350 e. The van der Waals surface area contributed by atoms with Gasteiger partial charge in [0, 0.05) is 43.5 Å². The summed E-state index contributed by atoms with van der Waals surface area (Å²) >= 11 is 0. The molecule has 29 heavy (non-hydrogen) atoms. The monoisotopic (exact) mass is 394 g/mol. The zero-order valence-electron chi connectivity index (χ0n) is 16.5. The Hall–Kier alpha value is -3.61. The van der Waals surface area contributed by atoms with Gasteiger partial charge < -0.3 is 19.7 Å². The molecule has 1 aliphatic heterocycles. The van der Waals surface area contributed by atoms with E-state index in [0.717, 1.165) is 5.69 Å². The molecular weight excluding hydrogens is 372 g/mol. The fourth-order valence-corrected chi connectivity index (χ4v) is 2.85. The molecule has 0 bridgehead atoms. The van der Waals surface area contributed by atoms with Gasteiger partial charge in [0.1, 0.15) is 0 Å². The fourth-order valence-electron chi connectivity index (χ4n) is 2.85. The third-order valence-corrected chi connectivity index (χ3v) is 4.26. The van der Waals surface area contributed by atoms with Crippen molar-refractivity contribution < 1.29 is 23.9 Å². The lowest BCUT2D eigenvalue weighted by atomic mass is 10.1. The van der Waals surface area contributed by atoms with Gasteiger partial charge in [0.05, 0.1) is 0 Å². The Balaban J connectivity index is 1.71. The minimum atomic E-state index is -1.28. The Morgan fingerprint density at radius 2 is 1.59 bits per heavy atom. The van der Waals surface area contributed by atoms with Gasteiger partial charge in [-0.15, -0.1) is 0 Å². The maximum Gasteiger partial charge on any atom is 0.350 e. The third kappa shape index (κ3) is 4.63. The van der Waals surface area contributed by atoms with E-state index in [1.54, 1.807) is 29.2 Å². The van der Waals surface area contributed by atoms with Crippen LogP contribution in [0.2, 0.25) is 0 Å². The third-order valence-electron chi connectivity index (χ3n) is 4.26. The van der Waals surface area contributed by atoms with Crippen LogP contribution in [-0.2, 0) is 19.1 Å². The first-order chi connectivity index (χ1) is 13.8. The summed E-state index contributed by atoms with van der Waals surface area (Å²) in [7, 11) is 0. The molecule has 1 amide bonds. The minimum Gasteiger partial charge on any atom is -0.419 e. The number of cyclic esters (lactones) is 2. The van der Waals surface area contributed by atoms with E-state index in [-0.39, 0.29) is 11.5 Å². The average Bonchev–Trinajstić information content (AvgIpc) is 2.68. The van der Waals surface area contributed by atoms with Crippen LogP contribution in [0.25, 0.3) is 0 Å². The number of nitrogens with one attached hydrogen (secondary N) is 1. The molecule has 0 saturated carbocycles. The molecule has 3 rings (SSSR count). The van der Waals surface area contributed by atoms with Gasteiger partial charge in [0.25, 0.3) is 11.7 Å². The number of carbonyl (C=O) groups excluding carboxylic acids is 3. The number of benzene rings is 2. The molecule has 1 fully saturated rings. The van der Waals surface area contributed by atoms with Crippen molar-refractivity contribution in [3.63, 3.8) is 0 Å². The minimum absolute atomic E-state index is 0.120. The summed E-state index contributed by atoms with van der Waals surface area (Å²) in [6, 6.07) is 16.2. The second-order valence-corrected chi connectivity index (χ2v) is 6.84. The van der Waals surface area contributed by atoms with Crippen molar-refractivity contribution in [3.8, 4) is 0 Å². The van der Waals surface area contributed by atoms with Crippen LogP contribution >= 0.6 is 0 Å². The van der Waals surface area contributed by atoms with Crippen molar-refractivity contribution in [1.29, 1.82) is 0 Å². The van der Waals surface area contributed by atoms with E-state index in [4.69, 9.17) is 9.47 Å². The second kappa shape index (κ2) is 8.18. The highest BCUT2D eigenvalue weighted by Crippen LogP contribution is 2.23. The van der Waals surface area contributed by atoms with Gasteiger partial charge in [-0.3, -0.25) is 4.79 Å². The first kappa shape index (κ1) is 20.1. The summed E-state index contributed by atoms with van der Waals surface area (Å²) in [5, 5.41) is 2.85. The van der Waals surface area contributed by atoms with Crippen molar-refractivity contribution in [1.82, 2.24) is 0 Å². The molecule has 2 aromatic rings. The molecular formula is C22H22N2O5. The summed E-state index contributed by atoms with van der Waals surface area (Å²) < 4.78 is 10.1. The normalized spacial score (nSPS) is 15.2. The van der Waals surface area contributed by atoms with Crippen LogP contribution in [0.15, 0.2) is 66.4 Å². The second-order valence-electron chi connectivity index (χ2n) is 6.84. The molecule has 2 aromatic carbocycles. The van der Waals surface area contributed by atoms with Gasteiger partial charge in [-0.05, 0) is 43.3 Å². The summed E-state index contributed by atoms with van der Waals surface area (Å²) in [5.74, 6) is -2.92. The Bertz CT molecular complexity index is 927. The van der Waals surface area contributed by atoms with E-state index in [2.05, 4.69) is 5.32 Å². The summed E-state index contributed by atoms with van der Waals surface area (Å²) in [5.41, 5.74) is 1.71. The van der Waals surface area contributed by atoms with Crippen LogP contribution in [0.1, 0.15) is 31.1 Å². The van der Waals surface area contributed by atoms with Crippen LogP contribution in [0.5, 0.6) is 0 Å². The first-order valence-electron chi connectivity index (χ1n) is 9.21. The number of anilines is 2. The number of esters is 2. The molecule has 0 spiro atoms. The highest BCUT2D eigenvalue weighted by Gasteiger charge is 2.38. The number of rotatable bonds is 5. The summed E-state index contributed by atoms with van der Waals surface area (Å²) in [6.45, 7) is 5.42. The Morgan fingerprint density at radius 1 is 1.00 bits per heavy atom. The predicted octanol–water partition coefficient (Wildman–Crippen LogP) is 3.49. The number of carbonyl (C=O) groups is 3. The highest BCUT2D eigenvalue weighted by atomic mass is 16.7. The molecule has 0 radical (unpaired) electrons. The van der Waals surface area contributed by atoms with Crippen LogP contribution in [0.4, 0.5) is 11.4 Å². The van der Waals surface area contributed by atoms with Crippen molar-refractivity contribution in [2.24, 2.45) is 0 Å². The van der Waals surface area contributed by atoms with Gasteiger partial charge in [-0.1, -0.05) is 18.2 Å². The van der Waals surface area contributed by atoms with Crippen molar-refractivity contribution in [2.75, 3.05) is 16.8 Å². The topological polar surface area (TPSA) is 84.9 Å². The SMILES string of the molecule is CCN(C(=O)c1ccc(NC=C2C(=O)OC(C)(C)OC2=O)cc1)c1ccccc1. The van der Waals surface area contributed by atoms with Crippen LogP contribution in [-0.4, -0.2) is 30.2 Å². The van der Waals surface area contributed by atoms with Gasteiger partial charge in [-0.2, -0.15) is 0 Å². The van der Waals surface area contributed by atoms with Crippen LogP contribution in [0, 0.1) is 0 Å². The Kier molecular flexibility index (Phi) is 5.68. The molecule has 0 aliphatic carbocycles. The number of amides is 1. The molecule has 7 heteroatoms. The van der Waals surface area contributed by atoms with E-state index in [9.17, 15) is 14.4 Å². The maximum absolute atomic E-state index is 12.8. The fraction of sp³-hybridized carbons (Fsp3) is 0.227. The quantitative estimate of drug-likeness (QED) is 0.475. The van der Waals surface area contributed by atoms with Gasteiger partial charge >= 0.3 is 11.9 Å². The van der Waals surface area contributed by atoms with Crippen molar-refractivity contribution >= 4 is 29.2 Å². The van der Waals surface area contributed by atoms with Gasteiger partial charge in [-0.25, -0.2) is 9.59 Å². The number of nitrogens with zero attached hydrogens (tertiary/aromatic N) is 1. The summed E-state index contributed by atoms with van der Waals surface area (Å²) in [4.78, 5) is 38.4. The number of ether oxygens (including phenoxy) is 2. The van der Waals surface area contributed by atoms with Gasteiger partial charge in [0.2, 0.25) is 0 Å². The molecule has 1 heterocycles. The Labute approximate surface area is 168 Å². The molecule has 1 N–H and O–H groups in total.